The fourth-order valence-electron chi connectivity index (χ4n) is 3.09. The van der Waals surface area contributed by atoms with E-state index in [1.807, 2.05) is 19.3 Å². The number of aliphatic imine (C=N–C) groups is 1. The lowest BCUT2D eigenvalue weighted by Crippen LogP contribution is -2.48. The predicted molar refractivity (Wildman–Crippen MR) is 105 cm³/mol. The van der Waals surface area contributed by atoms with Crippen LogP contribution in [0.1, 0.15) is 19.4 Å². The fraction of sp³-hybridized carbons (Fsp3) is 0.474. The Labute approximate surface area is 148 Å². The largest absolute Gasteiger partial charge is 0.352 e. The van der Waals surface area contributed by atoms with Gasteiger partial charge in [0.1, 0.15) is 0 Å². The standard InChI is InChI=1S/C19H26N4S/c1-14(2)18-13-23(10-11-24-18)19(20-3)22-12-15-8-9-21-17-7-5-4-6-16(15)17/h4-9,14,18H,10-13H2,1-3H3,(H,20,22). The lowest BCUT2D eigenvalue weighted by molar-refractivity contribution is 0.381. The van der Waals surface area contributed by atoms with E-state index >= 15 is 0 Å². The van der Waals surface area contributed by atoms with Crippen molar-refractivity contribution in [1.29, 1.82) is 0 Å². The van der Waals surface area contributed by atoms with Gasteiger partial charge >= 0.3 is 0 Å². The van der Waals surface area contributed by atoms with Gasteiger partial charge in [-0.1, -0.05) is 32.0 Å². The molecule has 2 aromatic rings. The molecule has 1 aromatic carbocycles. The molecule has 0 spiro atoms. The SMILES string of the molecule is CN=C(NCc1ccnc2ccccc12)N1CCSC(C(C)C)C1. The minimum Gasteiger partial charge on any atom is -0.352 e. The fourth-order valence-corrected chi connectivity index (χ4v) is 4.39. The molecule has 2 heterocycles. The topological polar surface area (TPSA) is 40.5 Å². The third-order valence-corrected chi connectivity index (χ3v) is 6.06. The molecule has 0 bridgehead atoms. The Balaban J connectivity index is 1.70. The monoisotopic (exact) mass is 342 g/mol. The van der Waals surface area contributed by atoms with E-state index in [0.29, 0.717) is 11.2 Å². The van der Waals surface area contributed by atoms with Crippen molar-refractivity contribution in [1.82, 2.24) is 15.2 Å². The van der Waals surface area contributed by atoms with Crippen LogP contribution in [-0.4, -0.2) is 47.0 Å². The quantitative estimate of drug-likeness (QED) is 0.686. The van der Waals surface area contributed by atoms with Gasteiger partial charge in [-0.05, 0) is 23.6 Å². The molecule has 128 valence electrons. The van der Waals surface area contributed by atoms with Crippen LogP contribution in [-0.2, 0) is 6.54 Å². The Morgan fingerprint density at radius 1 is 1.38 bits per heavy atom. The van der Waals surface area contributed by atoms with Crippen molar-refractivity contribution in [3.63, 3.8) is 0 Å². The Hall–Kier alpha value is -1.75. The molecule has 0 radical (unpaired) electrons. The number of para-hydroxylation sites is 1. The number of hydrogen-bond acceptors (Lipinski definition) is 3. The van der Waals surface area contributed by atoms with Crippen molar-refractivity contribution >= 4 is 28.6 Å². The summed E-state index contributed by atoms with van der Waals surface area (Å²) in [5, 5.41) is 5.43. The number of thioether (sulfide) groups is 1. The third-order valence-electron chi connectivity index (χ3n) is 4.52. The summed E-state index contributed by atoms with van der Waals surface area (Å²) in [6.45, 7) is 7.51. The minimum atomic E-state index is 0.680. The Morgan fingerprint density at radius 2 is 2.21 bits per heavy atom. The Kier molecular flexibility index (Phi) is 5.61. The first kappa shape index (κ1) is 17.1. The van der Waals surface area contributed by atoms with Crippen LogP contribution in [0.15, 0.2) is 41.5 Å². The number of hydrogen-bond donors (Lipinski definition) is 1. The first-order chi connectivity index (χ1) is 11.7. The lowest BCUT2D eigenvalue weighted by Gasteiger charge is -2.36. The van der Waals surface area contributed by atoms with E-state index in [1.165, 1.54) is 16.7 Å². The Bertz CT molecular complexity index is 708. The first-order valence-corrected chi connectivity index (χ1v) is 9.63. The van der Waals surface area contributed by atoms with E-state index in [9.17, 15) is 0 Å². The van der Waals surface area contributed by atoms with Gasteiger partial charge in [0.25, 0.3) is 0 Å². The number of pyridine rings is 1. The second kappa shape index (κ2) is 7.88. The second-order valence-electron chi connectivity index (χ2n) is 6.49. The molecular formula is C19H26N4S. The molecule has 1 fully saturated rings. The summed E-state index contributed by atoms with van der Waals surface area (Å²) < 4.78 is 0. The smallest absolute Gasteiger partial charge is 0.193 e. The number of nitrogens with one attached hydrogen (secondary N) is 1. The van der Waals surface area contributed by atoms with E-state index in [4.69, 9.17) is 0 Å². The summed E-state index contributed by atoms with van der Waals surface area (Å²) in [5.74, 6) is 2.86. The summed E-state index contributed by atoms with van der Waals surface area (Å²) in [6, 6.07) is 10.4. The van der Waals surface area contributed by atoms with Crippen molar-refractivity contribution < 1.29 is 0 Å². The molecule has 1 saturated heterocycles. The number of benzene rings is 1. The lowest BCUT2D eigenvalue weighted by atomic mass is 10.1. The molecule has 0 saturated carbocycles. The third kappa shape index (κ3) is 3.83. The molecule has 1 N–H and O–H groups in total. The molecule has 0 aliphatic carbocycles. The van der Waals surface area contributed by atoms with Gasteiger partial charge in [-0.15, -0.1) is 0 Å². The highest BCUT2D eigenvalue weighted by atomic mass is 32.2. The van der Waals surface area contributed by atoms with E-state index in [0.717, 1.165) is 31.1 Å². The first-order valence-electron chi connectivity index (χ1n) is 8.59. The maximum absolute atomic E-state index is 4.51. The summed E-state index contributed by atoms with van der Waals surface area (Å²) >= 11 is 2.09. The van der Waals surface area contributed by atoms with E-state index in [-0.39, 0.29) is 0 Å². The summed E-state index contributed by atoms with van der Waals surface area (Å²) in [4.78, 5) is 11.3. The van der Waals surface area contributed by atoms with Crippen molar-refractivity contribution in [2.24, 2.45) is 10.9 Å². The van der Waals surface area contributed by atoms with Crippen LogP contribution in [0.5, 0.6) is 0 Å². The number of fused-ring (bicyclic) bond motifs is 1. The van der Waals surface area contributed by atoms with Gasteiger partial charge < -0.3 is 10.2 Å². The van der Waals surface area contributed by atoms with Crippen LogP contribution in [0, 0.1) is 5.92 Å². The van der Waals surface area contributed by atoms with Crippen molar-refractivity contribution in [3.8, 4) is 0 Å². The van der Waals surface area contributed by atoms with Crippen LogP contribution in [0.25, 0.3) is 10.9 Å². The molecule has 1 atom stereocenters. The van der Waals surface area contributed by atoms with Gasteiger partial charge in [0, 0.05) is 49.3 Å². The molecular weight excluding hydrogens is 316 g/mol. The number of rotatable bonds is 3. The molecule has 1 aliphatic rings. The summed E-state index contributed by atoms with van der Waals surface area (Å²) in [5.41, 5.74) is 2.30. The van der Waals surface area contributed by atoms with Crippen LogP contribution < -0.4 is 5.32 Å². The van der Waals surface area contributed by atoms with Crippen LogP contribution in [0.2, 0.25) is 0 Å². The highest BCUT2D eigenvalue weighted by Crippen LogP contribution is 2.25. The van der Waals surface area contributed by atoms with E-state index < -0.39 is 0 Å². The number of nitrogens with zero attached hydrogens (tertiary/aromatic N) is 3. The molecule has 5 heteroatoms. The van der Waals surface area contributed by atoms with Crippen LogP contribution in [0.3, 0.4) is 0 Å². The van der Waals surface area contributed by atoms with Gasteiger partial charge in [-0.3, -0.25) is 9.98 Å². The van der Waals surface area contributed by atoms with Crippen LogP contribution >= 0.6 is 11.8 Å². The zero-order chi connectivity index (χ0) is 16.9. The summed E-state index contributed by atoms with van der Waals surface area (Å²) in [7, 11) is 1.87. The molecule has 1 unspecified atom stereocenters. The highest BCUT2D eigenvalue weighted by Gasteiger charge is 2.24. The average Bonchev–Trinajstić information content (AvgIpc) is 2.62. The van der Waals surface area contributed by atoms with Crippen LogP contribution in [0.4, 0.5) is 0 Å². The Morgan fingerprint density at radius 3 is 3.00 bits per heavy atom. The normalized spacial score (nSPS) is 19.1. The van der Waals surface area contributed by atoms with Gasteiger partial charge in [0.05, 0.1) is 5.52 Å². The second-order valence-corrected chi connectivity index (χ2v) is 7.83. The average molecular weight is 343 g/mol. The maximum atomic E-state index is 4.51. The molecule has 1 aliphatic heterocycles. The van der Waals surface area contributed by atoms with Gasteiger partial charge in [0.2, 0.25) is 0 Å². The highest BCUT2D eigenvalue weighted by molar-refractivity contribution is 8.00. The molecule has 3 rings (SSSR count). The molecule has 1 aromatic heterocycles. The number of guanidine groups is 1. The van der Waals surface area contributed by atoms with Gasteiger partial charge in [-0.25, -0.2) is 0 Å². The maximum Gasteiger partial charge on any atom is 0.193 e. The molecule has 24 heavy (non-hydrogen) atoms. The molecule has 0 amide bonds. The zero-order valence-electron chi connectivity index (χ0n) is 14.7. The van der Waals surface area contributed by atoms with Gasteiger partial charge in [-0.2, -0.15) is 11.8 Å². The van der Waals surface area contributed by atoms with E-state index in [2.05, 4.69) is 70.1 Å². The minimum absolute atomic E-state index is 0.680. The predicted octanol–water partition coefficient (Wildman–Crippen LogP) is 3.38. The number of aromatic nitrogens is 1. The summed E-state index contributed by atoms with van der Waals surface area (Å²) in [6.07, 6.45) is 1.88. The van der Waals surface area contributed by atoms with Crippen molar-refractivity contribution in [2.45, 2.75) is 25.6 Å². The van der Waals surface area contributed by atoms with Crippen molar-refractivity contribution in [3.05, 3.63) is 42.1 Å². The van der Waals surface area contributed by atoms with Gasteiger partial charge in [0.15, 0.2) is 5.96 Å². The zero-order valence-corrected chi connectivity index (χ0v) is 15.5. The van der Waals surface area contributed by atoms with Crippen molar-refractivity contribution in [2.75, 3.05) is 25.9 Å². The van der Waals surface area contributed by atoms with E-state index in [1.54, 1.807) is 0 Å². The molecule has 4 nitrogen and oxygen atoms in total.